The number of aryl methyl sites for hydroxylation is 1. The van der Waals surface area contributed by atoms with Gasteiger partial charge in [0.25, 0.3) is 10.0 Å². The second kappa shape index (κ2) is 6.00. The van der Waals surface area contributed by atoms with Gasteiger partial charge in [0.05, 0.1) is 6.54 Å². The first-order chi connectivity index (χ1) is 9.05. The van der Waals surface area contributed by atoms with Crippen LogP contribution in [0.3, 0.4) is 0 Å². The van der Waals surface area contributed by atoms with Crippen molar-refractivity contribution in [3.05, 3.63) is 36.4 Å². The minimum atomic E-state index is -3.75. The van der Waals surface area contributed by atoms with Crippen molar-refractivity contribution in [2.24, 2.45) is 5.14 Å². The lowest BCUT2D eigenvalue weighted by atomic mass is 10.4. The fourth-order valence-corrected chi connectivity index (χ4v) is 2.10. The third-order valence-electron chi connectivity index (χ3n) is 2.52. The van der Waals surface area contributed by atoms with Crippen LogP contribution >= 0.6 is 0 Å². The Morgan fingerprint density at radius 2 is 2.26 bits per heavy atom. The van der Waals surface area contributed by atoms with E-state index in [1.165, 1.54) is 6.07 Å². The monoisotopic (exact) mass is 284 g/mol. The SMILES string of the molecule is NS(=O)(=O)c1ccc(CNCCCn2cccn2)o1. The van der Waals surface area contributed by atoms with Gasteiger partial charge in [0, 0.05) is 18.9 Å². The summed E-state index contributed by atoms with van der Waals surface area (Å²) in [5.41, 5.74) is 0. The average Bonchev–Trinajstić information content (AvgIpc) is 2.97. The minimum Gasteiger partial charge on any atom is -0.447 e. The van der Waals surface area contributed by atoms with Crippen molar-refractivity contribution < 1.29 is 12.8 Å². The molecule has 2 aromatic rings. The van der Waals surface area contributed by atoms with Gasteiger partial charge in [-0.15, -0.1) is 0 Å². The van der Waals surface area contributed by atoms with Gasteiger partial charge in [-0.1, -0.05) is 0 Å². The number of nitrogens with zero attached hydrogens (tertiary/aromatic N) is 2. The van der Waals surface area contributed by atoms with Crippen molar-refractivity contribution in [3.63, 3.8) is 0 Å². The molecule has 2 heterocycles. The summed E-state index contributed by atoms with van der Waals surface area (Å²) in [6, 6.07) is 4.83. The smallest absolute Gasteiger partial charge is 0.271 e. The highest BCUT2D eigenvalue weighted by molar-refractivity contribution is 7.89. The number of rotatable bonds is 7. The van der Waals surface area contributed by atoms with Crippen LogP contribution in [0, 0.1) is 0 Å². The molecule has 0 fully saturated rings. The van der Waals surface area contributed by atoms with Crippen molar-refractivity contribution in [1.82, 2.24) is 15.1 Å². The molecule has 104 valence electrons. The van der Waals surface area contributed by atoms with Crippen LogP contribution in [0.15, 0.2) is 40.1 Å². The zero-order valence-electron chi connectivity index (χ0n) is 10.3. The van der Waals surface area contributed by atoms with Crippen molar-refractivity contribution in [2.45, 2.75) is 24.6 Å². The van der Waals surface area contributed by atoms with E-state index in [2.05, 4.69) is 10.4 Å². The largest absolute Gasteiger partial charge is 0.447 e. The highest BCUT2D eigenvalue weighted by Crippen LogP contribution is 2.11. The molecule has 19 heavy (non-hydrogen) atoms. The van der Waals surface area contributed by atoms with Gasteiger partial charge in [0.2, 0.25) is 5.09 Å². The van der Waals surface area contributed by atoms with Gasteiger partial charge in [-0.05, 0) is 31.2 Å². The summed E-state index contributed by atoms with van der Waals surface area (Å²) < 4.78 is 29.0. The molecule has 0 saturated heterocycles. The Morgan fingerprint density at radius 3 is 2.89 bits per heavy atom. The second-order valence-corrected chi connectivity index (χ2v) is 5.56. The zero-order chi connectivity index (χ0) is 13.7. The number of nitrogens with two attached hydrogens (primary N) is 1. The number of hydrogen-bond acceptors (Lipinski definition) is 5. The molecule has 7 nitrogen and oxygen atoms in total. The molecule has 0 aliphatic heterocycles. The Balaban J connectivity index is 1.70. The molecular weight excluding hydrogens is 268 g/mol. The Kier molecular flexibility index (Phi) is 4.35. The molecule has 0 radical (unpaired) electrons. The third-order valence-corrected chi connectivity index (χ3v) is 3.30. The topological polar surface area (TPSA) is 103 Å². The summed E-state index contributed by atoms with van der Waals surface area (Å²) in [4.78, 5) is 0. The number of hydrogen-bond donors (Lipinski definition) is 2. The number of aromatic nitrogens is 2. The molecule has 0 unspecified atom stereocenters. The highest BCUT2D eigenvalue weighted by atomic mass is 32.2. The van der Waals surface area contributed by atoms with Crippen LogP contribution in [0.2, 0.25) is 0 Å². The maximum Gasteiger partial charge on any atom is 0.271 e. The Bertz CT molecular complexity index is 604. The van der Waals surface area contributed by atoms with Crippen molar-refractivity contribution in [1.29, 1.82) is 0 Å². The van der Waals surface area contributed by atoms with Gasteiger partial charge >= 0.3 is 0 Å². The lowest BCUT2D eigenvalue weighted by molar-refractivity contribution is 0.400. The predicted octanol–water partition coefficient (Wildman–Crippen LogP) is 0.303. The van der Waals surface area contributed by atoms with Crippen LogP contribution in [0.1, 0.15) is 12.2 Å². The molecule has 2 rings (SSSR count). The van der Waals surface area contributed by atoms with E-state index in [4.69, 9.17) is 9.56 Å². The van der Waals surface area contributed by atoms with E-state index in [-0.39, 0.29) is 5.09 Å². The van der Waals surface area contributed by atoms with Gasteiger partial charge in [-0.3, -0.25) is 4.68 Å². The molecule has 0 atom stereocenters. The minimum absolute atomic E-state index is 0.208. The quantitative estimate of drug-likeness (QED) is 0.712. The van der Waals surface area contributed by atoms with Crippen LogP contribution in [0.4, 0.5) is 0 Å². The molecule has 0 spiro atoms. The Labute approximate surface area is 111 Å². The van der Waals surface area contributed by atoms with E-state index >= 15 is 0 Å². The first-order valence-corrected chi connectivity index (χ1v) is 7.40. The highest BCUT2D eigenvalue weighted by Gasteiger charge is 2.12. The first kappa shape index (κ1) is 13.8. The summed E-state index contributed by atoms with van der Waals surface area (Å²) >= 11 is 0. The third kappa shape index (κ3) is 4.19. The van der Waals surface area contributed by atoms with Crippen LogP contribution < -0.4 is 10.5 Å². The first-order valence-electron chi connectivity index (χ1n) is 5.85. The molecule has 2 aromatic heterocycles. The maximum absolute atomic E-state index is 11.0. The van der Waals surface area contributed by atoms with Crippen LogP contribution in [-0.4, -0.2) is 24.7 Å². The fraction of sp³-hybridized carbons (Fsp3) is 0.364. The van der Waals surface area contributed by atoms with E-state index < -0.39 is 10.0 Å². The molecule has 0 saturated carbocycles. The standard InChI is InChI=1S/C11H16N4O3S/c12-19(16,17)11-4-3-10(18-11)9-13-5-1-7-15-8-2-6-14-15/h2-4,6,8,13H,1,5,7,9H2,(H2,12,16,17). The zero-order valence-corrected chi connectivity index (χ0v) is 11.1. The van der Waals surface area contributed by atoms with Crippen molar-refractivity contribution >= 4 is 10.0 Å². The summed E-state index contributed by atoms with van der Waals surface area (Å²) in [5.74, 6) is 0.545. The van der Waals surface area contributed by atoms with E-state index in [1.54, 1.807) is 12.3 Å². The Morgan fingerprint density at radius 1 is 1.42 bits per heavy atom. The van der Waals surface area contributed by atoms with Gasteiger partial charge in [-0.2, -0.15) is 5.10 Å². The maximum atomic E-state index is 11.0. The lowest BCUT2D eigenvalue weighted by Crippen LogP contribution is -2.16. The normalized spacial score (nSPS) is 11.8. The van der Waals surface area contributed by atoms with Crippen LogP contribution in [-0.2, 0) is 23.1 Å². The van der Waals surface area contributed by atoms with E-state index in [1.807, 2.05) is 16.9 Å². The summed E-state index contributed by atoms with van der Waals surface area (Å²) in [6.45, 7) is 2.08. The molecule has 3 N–H and O–H groups in total. The van der Waals surface area contributed by atoms with Gasteiger partial charge < -0.3 is 9.73 Å². The average molecular weight is 284 g/mol. The molecule has 0 bridgehead atoms. The molecule has 8 heteroatoms. The predicted molar refractivity (Wildman–Crippen MR) is 68.6 cm³/mol. The van der Waals surface area contributed by atoms with E-state index in [0.717, 1.165) is 19.5 Å². The van der Waals surface area contributed by atoms with Crippen molar-refractivity contribution in [2.75, 3.05) is 6.54 Å². The van der Waals surface area contributed by atoms with Gasteiger partial charge in [0.15, 0.2) is 0 Å². The molecule has 0 aliphatic carbocycles. The summed E-state index contributed by atoms with van der Waals surface area (Å²) in [6.07, 6.45) is 4.57. The molecule has 0 amide bonds. The van der Waals surface area contributed by atoms with Crippen molar-refractivity contribution in [3.8, 4) is 0 Å². The summed E-state index contributed by atoms with van der Waals surface area (Å²) in [5, 5.41) is 12.0. The summed E-state index contributed by atoms with van der Waals surface area (Å²) in [7, 11) is -3.75. The Hall–Kier alpha value is -1.64. The number of nitrogens with one attached hydrogen (secondary N) is 1. The number of primary sulfonamides is 1. The molecule has 0 aliphatic rings. The number of sulfonamides is 1. The molecular formula is C11H16N4O3S. The fourth-order valence-electron chi connectivity index (χ4n) is 1.62. The van der Waals surface area contributed by atoms with E-state index in [0.29, 0.717) is 12.3 Å². The molecule has 0 aromatic carbocycles. The van der Waals surface area contributed by atoms with Gasteiger partial charge in [-0.25, -0.2) is 13.6 Å². The van der Waals surface area contributed by atoms with Crippen LogP contribution in [0.5, 0.6) is 0 Å². The lowest BCUT2D eigenvalue weighted by Gasteiger charge is -2.03. The van der Waals surface area contributed by atoms with E-state index in [9.17, 15) is 8.42 Å². The second-order valence-electron chi connectivity index (χ2n) is 4.07. The number of furan rings is 1. The van der Waals surface area contributed by atoms with Crippen LogP contribution in [0.25, 0.3) is 0 Å². The van der Waals surface area contributed by atoms with Gasteiger partial charge in [0.1, 0.15) is 5.76 Å².